The fraction of sp³-hybridized carbons (Fsp3) is 1.00. The topological polar surface area (TPSA) is 29.3 Å². The molecular formula is C11H21F3N2. The molecule has 0 aromatic carbocycles. The average molecular weight is 238 g/mol. The lowest BCUT2D eigenvalue weighted by Gasteiger charge is -2.33. The van der Waals surface area contributed by atoms with Gasteiger partial charge in [-0.25, -0.2) is 0 Å². The van der Waals surface area contributed by atoms with Crippen LogP contribution in [0.1, 0.15) is 32.1 Å². The molecule has 0 spiro atoms. The van der Waals surface area contributed by atoms with Crippen LogP contribution in [0.3, 0.4) is 0 Å². The maximum absolute atomic E-state index is 12.3. The molecule has 0 heterocycles. The molecule has 0 radical (unpaired) electrons. The second kappa shape index (κ2) is 5.87. The zero-order chi connectivity index (χ0) is 12.2. The van der Waals surface area contributed by atoms with Crippen molar-refractivity contribution in [3.8, 4) is 0 Å². The molecular weight excluding hydrogens is 217 g/mol. The molecule has 96 valence electrons. The van der Waals surface area contributed by atoms with Gasteiger partial charge in [0.15, 0.2) is 0 Å². The van der Waals surface area contributed by atoms with E-state index in [2.05, 4.69) is 0 Å². The van der Waals surface area contributed by atoms with Crippen molar-refractivity contribution in [3.05, 3.63) is 0 Å². The van der Waals surface area contributed by atoms with Crippen LogP contribution in [-0.4, -0.2) is 37.3 Å². The largest absolute Gasteiger partial charge is 0.401 e. The fourth-order valence-corrected chi connectivity index (χ4v) is 2.62. The Morgan fingerprint density at radius 1 is 1.19 bits per heavy atom. The second-order valence-electron chi connectivity index (χ2n) is 4.73. The third-order valence-corrected chi connectivity index (χ3v) is 3.42. The number of alkyl halides is 3. The molecule has 1 saturated carbocycles. The van der Waals surface area contributed by atoms with Gasteiger partial charge < -0.3 is 5.73 Å². The Hall–Kier alpha value is -0.290. The molecule has 0 aromatic rings. The van der Waals surface area contributed by atoms with E-state index in [1.807, 2.05) is 0 Å². The quantitative estimate of drug-likeness (QED) is 0.765. The van der Waals surface area contributed by atoms with Gasteiger partial charge >= 0.3 is 6.18 Å². The first-order valence-corrected chi connectivity index (χ1v) is 5.91. The highest BCUT2D eigenvalue weighted by Gasteiger charge is 2.34. The minimum Gasteiger partial charge on any atom is -0.330 e. The summed E-state index contributed by atoms with van der Waals surface area (Å²) >= 11 is 0. The minimum absolute atomic E-state index is 0.00544. The van der Waals surface area contributed by atoms with Gasteiger partial charge in [-0.05, 0) is 32.4 Å². The molecule has 2 unspecified atom stereocenters. The van der Waals surface area contributed by atoms with Crippen LogP contribution in [-0.2, 0) is 0 Å². The van der Waals surface area contributed by atoms with Gasteiger partial charge in [-0.3, -0.25) is 4.90 Å². The molecule has 0 amide bonds. The summed E-state index contributed by atoms with van der Waals surface area (Å²) in [6, 6.07) is -0.00544. The van der Waals surface area contributed by atoms with E-state index < -0.39 is 12.7 Å². The van der Waals surface area contributed by atoms with Crippen molar-refractivity contribution in [2.24, 2.45) is 11.7 Å². The lowest BCUT2D eigenvalue weighted by Crippen LogP contribution is -2.44. The Bertz CT molecular complexity index is 206. The van der Waals surface area contributed by atoms with Crippen molar-refractivity contribution in [1.82, 2.24) is 4.90 Å². The molecule has 1 fully saturated rings. The lowest BCUT2D eigenvalue weighted by molar-refractivity contribution is -0.149. The van der Waals surface area contributed by atoms with Gasteiger partial charge in [-0.15, -0.1) is 0 Å². The van der Waals surface area contributed by atoms with E-state index in [1.54, 1.807) is 7.05 Å². The summed E-state index contributed by atoms with van der Waals surface area (Å²) in [6.07, 6.45) is 0.923. The molecule has 1 aliphatic carbocycles. The van der Waals surface area contributed by atoms with Crippen LogP contribution in [0, 0.1) is 5.92 Å². The van der Waals surface area contributed by atoms with Gasteiger partial charge in [0.25, 0.3) is 0 Å². The van der Waals surface area contributed by atoms with Crippen LogP contribution in [0.5, 0.6) is 0 Å². The number of hydrogen-bond acceptors (Lipinski definition) is 2. The summed E-state index contributed by atoms with van der Waals surface area (Å²) in [5, 5.41) is 0. The van der Waals surface area contributed by atoms with Crippen molar-refractivity contribution >= 4 is 0 Å². The highest BCUT2D eigenvalue weighted by atomic mass is 19.4. The maximum Gasteiger partial charge on any atom is 0.401 e. The van der Waals surface area contributed by atoms with Crippen LogP contribution >= 0.6 is 0 Å². The van der Waals surface area contributed by atoms with Gasteiger partial charge in [0.05, 0.1) is 6.54 Å². The molecule has 5 heteroatoms. The van der Waals surface area contributed by atoms with Gasteiger partial charge in [0, 0.05) is 6.04 Å². The molecule has 1 aliphatic rings. The van der Waals surface area contributed by atoms with Crippen LogP contribution in [0.25, 0.3) is 0 Å². The molecule has 0 aromatic heterocycles. The fourth-order valence-electron chi connectivity index (χ4n) is 2.62. The lowest BCUT2D eigenvalue weighted by atomic mass is 9.94. The highest BCUT2D eigenvalue weighted by molar-refractivity contribution is 4.82. The molecule has 0 saturated heterocycles. The summed E-state index contributed by atoms with van der Waals surface area (Å²) in [7, 11) is 1.56. The predicted molar refractivity (Wildman–Crippen MR) is 58.1 cm³/mol. The number of nitrogens with two attached hydrogens (primary N) is 1. The number of halogens is 3. The molecule has 0 aliphatic heterocycles. The van der Waals surface area contributed by atoms with Crippen molar-refractivity contribution < 1.29 is 13.2 Å². The van der Waals surface area contributed by atoms with E-state index in [9.17, 15) is 13.2 Å². The number of hydrogen-bond donors (Lipinski definition) is 1. The third kappa shape index (κ3) is 4.29. The summed E-state index contributed by atoms with van der Waals surface area (Å²) in [5.74, 6) is 0.217. The van der Waals surface area contributed by atoms with Crippen molar-refractivity contribution in [3.63, 3.8) is 0 Å². The zero-order valence-electron chi connectivity index (χ0n) is 9.76. The van der Waals surface area contributed by atoms with Gasteiger partial charge in [0.2, 0.25) is 0 Å². The first-order valence-electron chi connectivity index (χ1n) is 5.91. The maximum atomic E-state index is 12.3. The van der Waals surface area contributed by atoms with Crippen molar-refractivity contribution in [2.45, 2.75) is 44.3 Å². The Kier molecular flexibility index (Phi) is 5.05. The van der Waals surface area contributed by atoms with E-state index >= 15 is 0 Å². The Labute approximate surface area is 95.0 Å². The van der Waals surface area contributed by atoms with E-state index in [4.69, 9.17) is 5.73 Å². The molecule has 1 rings (SSSR count). The summed E-state index contributed by atoms with van der Waals surface area (Å²) in [5.41, 5.74) is 5.66. The average Bonchev–Trinajstić information content (AvgIpc) is 2.39. The Balaban J connectivity index is 2.59. The van der Waals surface area contributed by atoms with Gasteiger partial charge in [0.1, 0.15) is 0 Å². The van der Waals surface area contributed by atoms with E-state index in [0.29, 0.717) is 6.54 Å². The van der Waals surface area contributed by atoms with Gasteiger partial charge in [-0.2, -0.15) is 13.2 Å². The standard InChI is InChI=1S/C11H21F3N2/c1-16(8-11(12,13)14)10-6-4-2-3-5-9(10)7-15/h9-10H,2-8,15H2,1H3. The van der Waals surface area contributed by atoms with E-state index in [1.165, 1.54) is 4.90 Å². The van der Waals surface area contributed by atoms with Crippen molar-refractivity contribution in [2.75, 3.05) is 20.1 Å². The van der Waals surface area contributed by atoms with Crippen molar-refractivity contribution in [1.29, 1.82) is 0 Å². The minimum atomic E-state index is -4.11. The molecule has 2 N–H and O–H groups in total. The van der Waals surface area contributed by atoms with Gasteiger partial charge in [-0.1, -0.05) is 19.3 Å². The van der Waals surface area contributed by atoms with E-state index in [-0.39, 0.29) is 12.0 Å². The normalized spacial score (nSPS) is 28.1. The van der Waals surface area contributed by atoms with Crippen LogP contribution in [0.15, 0.2) is 0 Å². The predicted octanol–water partition coefficient (Wildman–Crippen LogP) is 2.39. The van der Waals surface area contributed by atoms with E-state index in [0.717, 1.165) is 32.1 Å². The number of nitrogens with zero attached hydrogens (tertiary/aromatic N) is 1. The molecule has 2 atom stereocenters. The SMILES string of the molecule is CN(CC(F)(F)F)C1CCCCCC1CN. The second-order valence-corrected chi connectivity index (χ2v) is 4.73. The summed E-state index contributed by atoms with van der Waals surface area (Å²) in [6.45, 7) is -0.332. The Morgan fingerprint density at radius 3 is 2.38 bits per heavy atom. The summed E-state index contributed by atoms with van der Waals surface area (Å²) in [4.78, 5) is 1.43. The third-order valence-electron chi connectivity index (χ3n) is 3.42. The molecule has 2 nitrogen and oxygen atoms in total. The van der Waals surface area contributed by atoms with Crippen LogP contribution in [0.4, 0.5) is 13.2 Å². The Morgan fingerprint density at radius 2 is 1.81 bits per heavy atom. The van der Waals surface area contributed by atoms with Crippen LogP contribution in [0.2, 0.25) is 0 Å². The highest BCUT2D eigenvalue weighted by Crippen LogP contribution is 2.28. The molecule has 0 bridgehead atoms. The zero-order valence-corrected chi connectivity index (χ0v) is 9.76. The monoisotopic (exact) mass is 238 g/mol. The molecule has 16 heavy (non-hydrogen) atoms. The van der Waals surface area contributed by atoms with Crippen LogP contribution < -0.4 is 5.73 Å². The summed E-state index contributed by atoms with van der Waals surface area (Å²) < 4.78 is 37.0. The first kappa shape index (κ1) is 13.8. The smallest absolute Gasteiger partial charge is 0.330 e. The first-order chi connectivity index (χ1) is 7.44. The number of rotatable bonds is 3.